The minimum atomic E-state index is -3.89. The van der Waals surface area contributed by atoms with Crippen LogP contribution in [0.15, 0.2) is 65.6 Å². The summed E-state index contributed by atoms with van der Waals surface area (Å²) < 4.78 is 48.4. The molecular formula is C27H29FN4O4S. The van der Waals surface area contributed by atoms with E-state index >= 15 is 0 Å². The highest BCUT2D eigenvalue weighted by atomic mass is 32.2. The molecule has 1 N–H and O–H groups in total. The predicted octanol–water partition coefficient (Wildman–Crippen LogP) is 4.54. The van der Waals surface area contributed by atoms with Crippen LogP contribution in [0, 0.1) is 5.82 Å². The first-order chi connectivity index (χ1) is 17.8. The largest absolute Gasteiger partial charge is 0.454 e. The van der Waals surface area contributed by atoms with Gasteiger partial charge in [0.15, 0.2) is 5.75 Å². The van der Waals surface area contributed by atoms with E-state index < -0.39 is 15.9 Å². The number of anilines is 3. The lowest BCUT2D eigenvalue weighted by molar-refractivity contribution is 0.102. The monoisotopic (exact) mass is 524 g/mol. The van der Waals surface area contributed by atoms with Gasteiger partial charge in [-0.05, 0) is 42.5 Å². The van der Waals surface area contributed by atoms with Gasteiger partial charge in [-0.2, -0.15) is 4.31 Å². The molecule has 0 spiro atoms. The van der Waals surface area contributed by atoms with Gasteiger partial charge >= 0.3 is 0 Å². The number of benzene rings is 3. The second kappa shape index (κ2) is 10.0. The van der Waals surface area contributed by atoms with Gasteiger partial charge < -0.3 is 19.9 Å². The Morgan fingerprint density at radius 1 is 0.919 bits per heavy atom. The number of carbonyl (C=O) groups excluding carboxylic acids is 1. The van der Waals surface area contributed by atoms with Crippen molar-refractivity contribution in [3.05, 3.63) is 72.0 Å². The molecule has 8 nitrogen and oxygen atoms in total. The number of hydrogen-bond donors (Lipinski definition) is 1. The van der Waals surface area contributed by atoms with E-state index in [0.717, 1.165) is 5.69 Å². The Morgan fingerprint density at radius 2 is 1.57 bits per heavy atom. The Morgan fingerprint density at radius 3 is 2.24 bits per heavy atom. The molecule has 10 heteroatoms. The number of hydrogen-bond acceptors (Lipinski definition) is 6. The molecule has 1 saturated heterocycles. The van der Waals surface area contributed by atoms with E-state index in [1.54, 1.807) is 50.2 Å². The van der Waals surface area contributed by atoms with Gasteiger partial charge in [0.2, 0.25) is 10.0 Å². The number of para-hydroxylation sites is 2. The van der Waals surface area contributed by atoms with E-state index in [-0.39, 0.29) is 16.3 Å². The van der Waals surface area contributed by atoms with Crippen molar-refractivity contribution in [2.24, 2.45) is 0 Å². The maximum absolute atomic E-state index is 13.8. The van der Waals surface area contributed by atoms with Crippen LogP contribution < -0.4 is 19.9 Å². The van der Waals surface area contributed by atoms with Gasteiger partial charge in [-0.25, -0.2) is 12.8 Å². The normalized spacial score (nSPS) is 15.5. The van der Waals surface area contributed by atoms with E-state index in [1.165, 1.54) is 22.5 Å². The van der Waals surface area contributed by atoms with Gasteiger partial charge in [0.25, 0.3) is 5.91 Å². The first-order valence-corrected chi connectivity index (χ1v) is 13.8. The number of nitrogens with one attached hydrogen (secondary N) is 1. The van der Waals surface area contributed by atoms with E-state index in [1.807, 2.05) is 11.0 Å². The summed E-state index contributed by atoms with van der Waals surface area (Å²) in [5.41, 5.74) is 2.09. The molecule has 0 bridgehead atoms. The fourth-order valence-corrected chi connectivity index (χ4v) is 6.47. The van der Waals surface area contributed by atoms with E-state index in [4.69, 9.17) is 4.74 Å². The number of halogens is 1. The third-order valence-electron chi connectivity index (χ3n) is 6.80. The van der Waals surface area contributed by atoms with E-state index in [0.29, 0.717) is 62.1 Å². The minimum absolute atomic E-state index is 0.0786. The summed E-state index contributed by atoms with van der Waals surface area (Å²) >= 11 is 0. The summed E-state index contributed by atoms with van der Waals surface area (Å²) in [6.07, 6.45) is 0. The third-order valence-corrected chi connectivity index (χ3v) is 8.88. The third kappa shape index (κ3) is 4.74. The van der Waals surface area contributed by atoms with Crippen molar-refractivity contribution < 1.29 is 22.3 Å². The Bertz CT molecular complexity index is 1420. The molecule has 0 aromatic heterocycles. The molecule has 2 aliphatic heterocycles. The lowest BCUT2D eigenvalue weighted by Crippen LogP contribution is -2.47. The number of ether oxygens (including phenoxy) is 1. The molecule has 0 unspecified atom stereocenters. The van der Waals surface area contributed by atoms with Gasteiger partial charge in [-0.15, -0.1) is 0 Å². The summed E-state index contributed by atoms with van der Waals surface area (Å²) in [6.45, 7) is 6.52. The number of nitrogens with zero attached hydrogens (tertiary/aromatic N) is 3. The molecule has 194 valence electrons. The first kappa shape index (κ1) is 25.0. The van der Waals surface area contributed by atoms with Crippen LogP contribution in [-0.2, 0) is 10.0 Å². The smallest absolute Gasteiger partial charge is 0.259 e. The van der Waals surface area contributed by atoms with Crippen molar-refractivity contribution >= 4 is 33.0 Å². The van der Waals surface area contributed by atoms with Gasteiger partial charge in [-0.3, -0.25) is 4.79 Å². The molecule has 0 atom stereocenters. The van der Waals surface area contributed by atoms with Crippen LogP contribution in [0.5, 0.6) is 11.5 Å². The van der Waals surface area contributed by atoms with Gasteiger partial charge in [0, 0.05) is 51.0 Å². The zero-order valence-electron chi connectivity index (χ0n) is 20.8. The lowest BCUT2D eigenvalue weighted by Gasteiger charge is -2.38. The molecule has 1 amide bonds. The molecule has 5 rings (SSSR count). The first-order valence-electron chi connectivity index (χ1n) is 12.3. The topological polar surface area (TPSA) is 82.2 Å². The van der Waals surface area contributed by atoms with Gasteiger partial charge in [0.05, 0.1) is 16.9 Å². The predicted molar refractivity (Wildman–Crippen MR) is 142 cm³/mol. The SMILES string of the molecule is CCN(CC)S(=O)(=O)c1cc2c(cc1N1CCN(c3ccc(F)cc3)CC1)Oc1ccccc1NC2=O. The van der Waals surface area contributed by atoms with Crippen LogP contribution in [0.3, 0.4) is 0 Å². The van der Waals surface area contributed by atoms with Crippen LogP contribution in [0.2, 0.25) is 0 Å². The lowest BCUT2D eigenvalue weighted by atomic mass is 10.1. The fraction of sp³-hybridized carbons (Fsp3) is 0.296. The molecule has 1 fully saturated rings. The van der Waals surface area contributed by atoms with Crippen molar-refractivity contribution in [3.8, 4) is 11.5 Å². The van der Waals surface area contributed by atoms with Crippen LogP contribution in [0.4, 0.5) is 21.5 Å². The van der Waals surface area contributed by atoms with Crippen LogP contribution in [0.1, 0.15) is 24.2 Å². The Kier molecular flexibility index (Phi) is 6.78. The standard InChI is InChI=1S/C27H29FN4O4S/c1-3-32(4-2)37(34,35)26-17-21-25(36-24-8-6-5-7-22(24)29-27(21)33)18-23(26)31-15-13-30(14-16-31)20-11-9-19(28)10-12-20/h5-12,17-18H,3-4,13-16H2,1-2H3,(H,29,33). The number of rotatable bonds is 6. The highest BCUT2D eigenvalue weighted by Crippen LogP contribution is 2.41. The van der Waals surface area contributed by atoms with Crippen molar-refractivity contribution in [2.45, 2.75) is 18.7 Å². The molecule has 37 heavy (non-hydrogen) atoms. The van der Waals surface area contributed by atoms with Gasteiger partial charge in [0.1, 0.15) is 16.5 Å². The van der Waals surface area contributed by atoms with E-state index in [2.05, 4.69) is 10.2 Å². The van der Waals surface area contributed by atoms with Crippen LogP contribution >= 0.6 is 0 Å². The molecule has 3 aromatic rings. The molecule has 0 saturated carbocycles. The average Bonchev–Trinajstić information content (AvgIpc) is 3.04. The number of sulfonamides is 1. The number of amides is 1. The fourth-order valence-electron chi connectivity index (χ4n) is 4.79. The Labute approximate surface area is 216 Å². The maximum atomic E-state index is 13.8. The summed E-state index contributed by atoms with van der Waals surface area (Å²) in [5.74, 6) is 0.0748. The van der Waals surface area contributed by atoms with Crippen LogP contribution in [-0.4, -0.2) is 57.9 Å². The second-order valence-electron chi connectivity index (χ2n) is 8.91. The van der Waals surface area contributed by atoms with E-state index in [9.17, 15) is 17.6 Å². The number of carbonyl (C=O) groups is 1. The highest BCUT2D eigenvalue weighted by molar-refractivity contribution is 7.89. The molecule has 0 radical (unpaired) electrons. The molecule has 0 aliphatic carbocycles. The van der Waals surface area contributed by atoms with Gasteiger partial charge in [-0.1, -0.05) is 26.0 Å². The maximum Gasteiger partial charge on any atom is 0.259 e. The van der Waals surface area contributed by atoms with Crippen molar-refractivity contribution in [1.29, 1.82) is 0 Å². The summed E-state index contributed by atoms with van der Waals surface area (Å²) in [4.78, 5) is 17.3. The van der Waals surface area contributed by atoms with Crippen molar-refractivity contribution in [2.75, 3.05) is 54.4 Å². The number of fused-ring (bicyclic) bond motifs is 2. The number of piperazine rings is 1. The summed E-state index contributed by atoms with van der Waals surface area (Å²) in [6, 6.07) is 16.6. The van der Waals surface area contributed by atoms with Crippen molar-refractivity contribution in [1.82, 2.24) is 4.31 Å². The Hall–Kier alpha value is -3.63. The van der Waals surface area contributed by atoms with Crippen molar-refractivity contribution in [3.63, 3.8) is 0 Å². The minimum Gasteiger partial charge on any atom is -0.454 e. The average molecular weight is 525 g/mol. The summed E-state index contributed by atoms with van der Waals surface area (Å²) in [7, 11) is -3.89. The quantitative estimate of drug-likeness (QED) is 0.510. The zero-order chi connectivity index (χ0) is 26.2. The highest BCUT2D eigenvalue weighted by Gasteiger charge is 2.33. The molecule has 2 aliphatic rings. The molecule has 3 aromatic carbocycles. The zero-order valence-corrected chi connectivity index (χ0v) is 21.6. The Balaban J connectivity index is 1.55. The second-order valence-corrected chi connectivity index (χ2v) is 10.8. The summed E-state index contributed by atoms with van der Waals surface area (Å²) in [5, 5.41) is 2.82. The molecular weight excluding hydrogens is 495 g/mol. The molecule has 2 heterocycles. The van der Waals surface area contributed by atoms with Crippen LogP contribution in [0.25, 0.3) is 0 Å².